The second-order valence-corrected chi connectivity index (χ2v) is 13.1. The largest absolute Gasteiger partial charge is 0.492 e. The normalized spacial score (nSPS) is 12.0. The Hall–Kier alpha value is -2.92. The molecule has 3 aromatic carbocycles. The molecule has 0 radical (unpaired) electrons. The zero-order chi connectivity index (χ0) is 31.6. The molecule has 0 saturated carbocycles. The van der Waals surface area contributed by atoms with Gasteiger partial charge < -0.3 is 15.0 Å². The highest BCUT2D eigenvalue weighted by Gasteiger charge is 2.35. The number of anilines is 1. The fourth-order valence-corrected chi connectivity index (χ4v) is 6.75. The molecule has 12 heteroatoms. The van der Waals surface area contributed by atoms with Gasteiger partial charge in [-0.05, 0) is 80.1 Å². The molecule has 0 aliphatic rings. The van der Waals surface area contributed by atoms with E-state index in [0.717, 1.165) is 9.20 Å². The molecule has 232 valence electrons. The number of amides is 2. The molecule has 0 saturated heterocycles. The lowest BCUT2D eigenvalue weighted by molar-refractivity contribution is -0.140. The Labute approximate surface area is 268 Å². The molecule has 1 atom stereocenters. The predicted molar refractivity (Wildman–Crippen MR) is 175 cm³/mol. The van der Waals surface area contributed by atoms with Crippen molar-refractivity contribution in [3.05, 3.63) is 82.3 Å². The zero-order valence-electron chi connectivity index (χ0n) is 24.7. The van der Waals surface area contributed by atoms with Crippen molar-refractivity contribution >= 4 is 62.5 Å². The van der Waals surface area contributed by atoms with Crippen LogP contribution in [0.3, 0.4) is 0 Å². The van der Waals surface area contributed by atoms with Gasteiger partial charge >= 0.3 is 0 Å². The van der Waals surface area contributed by atoms with E-state index in [1.54, 1.807) is 68.4 Å². The molecule has 43 heavy (non-hydrogen) atoms. The number of rotatable bonds is 15. The Kier molecular flexibility index (Phi) is 13.1. The van der Waals surface area contributed by atoms with E-state index in [9.17, 15) is 18.0 Å². The third-order valence-corrected chi connectivity index (χ3v) is 9.76. The summed E-state index contributed by atoms with van der Waals surface area (Å²) in [5.74, 6) is -0.609. The number of ether oxygens (including phenoxy) is 1. The molecule has 0 aliphatic carbocycles. The monoisotopic (exact) mass is 665 g/mol. The fraction of sp³-hybridized carbons (Fsp3) is 0.355. The molecule has 0 fully saturated rings. The number of para-hydroxylation sites is 2. The van der Waals surface area contributed by atoms with Gasteiger partial charge in [-0.2, -0.15) is 0 Å². The molecule has 1 unspecified atom stereocenters. The smallest absolute Gasteiger partial charge is 0.264 e. The van der Waals surface area contributed by atoms with Crippen molar-refractivity contribution in [3.63, 3.8) is 0 Å². The first-order chi connectivity index (χ1) is 20.6. The molecule has 0 heterocycles. The fourth-order valence-electron chi connectivity index (χ4n) is 4.45. The van der Waals surface area contributed by atoms with Crippen LogP contribution in [-0.4, -0.2) is 57.1 Å². The summed E-state index contributed by atoms with van der Waals surface area (Å²) in [6.07, 6.45) is 2.91. The third-order valence-electron chi connectivity index (χ3n) is 6.65. The molecule has 8 nitrogen and oxygen atoms in total. The molecule has 2 amide bonds. The van der Waals surface area contributed by atoms with Gasteiger partial charge in [0.2, 0.25) is 11.8 Å². The molecule has 3 aromatic rings. The number of hydrogen-bond donors (Lipinski definition) is 1. The van der Waals surface area contributed by atoms with E-state index in [0.29, 0.717) is 40.7 Å². The van der Waals surface area contributed by atoms with Gasteiger partial charge in [-0.25, -0.2) is 8.42 Å². The van der Waals surface area contributed by atoms with Crippen LogP contribution in [0.15, 0.2) is 76.5 Å². The molecule has 1 N–H and O–H groups in total. The third kappa shape index (κ3) is 8.81. The van der Waals surface area contributed by atoms with Crippen LogP contribution in [-0.2, 0) is 26.2 Å². The summed E-state index contributed by atoms with van der Waals surface area (Å²) >= 11 is 14.1. The second kappa shape index (κ2) is 16.2. The average Bonchev–Trinajstić information content (AvgIpc) is 3.00. The van der Waals surface area contributed by atoms with Crippen LogP contribution in [0.2, 0.25) is 10.0 Å². The number of sulfonamides is 1. The van der Waals surface area contributed by atoms with Crippen LogP contribution in [0.4, 0.5) is 5.69 Å². The van der Waals surface area contributed by atoms with E-state index in [-0.39, 0.29) is 29.6 Å². The summed E-state index contributed by atoms with van der Waals surface area (Å²) in [5.41, 5.74) is 0.775. The van der Waals surface area contributed by atoms with Gasteiger partial charge in [-0.1, -0.05) is 55.2 Å². The van der Waals surface area contributed by atoms with Crippen molar-refractivity contribution in [2.75, 3.05) is 30.3 Å². The van der Waals surface area contributed by atoms with Crippen molar-refractivity contribution in [1.82, 2.24) is 10.2 Å². The summed E-state index contributed by atoms with van der Waals surface area (Å²) in [5, 5.41) is 3.62. The summed E-state index contributed by atoms with van der Waals surface area (Å²) < 4.78 is 35.2. The van der Waals surface area contributed by atoms with Gasteiger partial charge in [0, 0.05) is 28.0 Å². The van der Waals surface area contributed by atoms with E-state index in [1.807, 2.05) is 13.2 Å². The van der Waals surface area contributed by atoms with Crippen LogP contribution in [0, 0.1) is 0 Å². The summed E-state index contributed by atoms with van der Waals surface area (Å²) in [6, 6.07) is 17.1. The van der Waals surface area contributed by atoms with Crippen molar-refractivity contribution in [1.29, 1.82) is 0 Å². The lowest BCUT2D eigenvalue weighted by Gasteiger charge is -2.33. The number of carbonyl (C=O) groups excluding carboxylic acids is 2. The quantitative estimate of drug-likeness (QED) is 0.183. The Balaban J connectivity index is 2.13. The van der Waals surface area contributed by atoms with Crippen LogP contribution in [0.5, 0.6) is 5.75 Å². The Morgan fingerprint density at radius 2 is 1.70 bits per heavy atom. The van der Waals surface area contributed by atoms with Gasteiger partial charge in [0.05, 0.1) is 17.2 Å². The molecular weight excluding hydrogens is 629 g/mol. The van der Waals surface area contributed by atoms with Gasteiger partial charge in [0.25, 0.3) is 10.0 Å². The number of nitrogens with one attached hydrogen (secondary N) is 1. The van der Waals surface area contributed by atoms with Crippen LogP contribution in [0.1, 0.15) is 39.2 Å². The first-order valence-electron chi connectivity index (χ1n) is 14.0. The topological polar surface area (TPSA) is 96.0 Å². The maximum absolute atomic E-state index is 14.3. The van der Waals surface area contributed by atoms with E-state index in [4.69, 9.17) is 27.9 Å². The minimum atomic E-state index is -4.25. The average molecular weight is 667 g/mol. The van der Waals surface area contributed by atoms with Crippen molar-refractivity contribution < 1.29 is 22.7 Å². The zero-order valence-corrected chi connectivity index (χ0v) is 27.8. The highest BCUT2D eigenvalue weighted by Crippen LogP contribution is 2.33. The predicted octanol–water partition coefficient (Wildman–Crippen LogP) is 6.64. The standard InChI is InChI=1S/C31H37Cl2N3O5S2/c1-5-18-34-31(38)27(6-2)35(20-22-12-13-23(32)19-26(22)33)30(37)21-36(28-10-8-9-11-29(28)41-7-3)43(39,40)25-16-14-24(42-4)15-17-25/h8-17,19,27H,5-7,18,20-21H2,1-4H3,(H,34,38). The Bertz CT molecular complexity index is 1500. The van der Waals surface area contributed by atoms with E-state index < -0.39 is 28.5 Å². The Morgan fingerprint density at radius 3 is 2.30 bits per heavy atom. The summed E-state index contributed by atoms with van der Waals surface area (Å²) in [4.78, 5) is 29.8. The maximum Gasteiger partial charge on any atom is 0.264 e. The van der Waals surface area contributed by atoms with E-state index in [1.165, 1.54) is 28.8 Å². The number of hydrogen-bond acceptors (Lipinski definition) is 6. The number of halogens is 2. The van der Waals surface area contributed by atoms with Crippen LogP contribution in [0.25, 0.3) is 0 Å². The highest BCUT2D eigenvalue weighted by molar-refractivity contribution is 7.98. The number of nitrogens with zero attached hydrogens (tertiary/aromatic N) is 2. The SMILES string of the molecule is CCCNC(=O)C(CC)N(Cc1ccc(Cl)cc1Cl)C(=O)CN(c1ccccc1OCC)S(=O)(=O)c1ccc(SC)cc1. The lowest BCUT2D eigenvalue weighted by atomic mass is 10.1. The van der Waals surface area contributed by atoms with E-state index in [2.05, 4.69) is 5.32 Å². The Morgan fingerprint density at radius 1 is 1.00 bits per heavy atom. The first kappa shape index (κ1) is 34.6. The minimum absolute atomic E-state index is 0.0180. The second-order valence-electron chi connectivity index (χ2n) is 9.56. The van der Waals surface area contributed by atoms with Crippen LogP contribution >= 0.6 is 35.0 Å². The highest BCUT2D eigenvalue weighted by atomic mass is 35.5. The molecular formula is C31H37Cl2N3O5S2. The van der Waals surface area contributed by atoms with Gasteiger partial charge in [0.15, 0.2) is 0 Å². The number of benzene rings is 3. The lowest BCUT2D eigenvalue weighted by Crippen LogP contribution is -2.52. The van der Waals surface area contributed by atoms with Crippen LogP contribution < -0.4 is 14.4 Å². The molecule has 0 aliphatic heterocycles. The summed E-state index contributed by atoms with van der Waals surface area (Å²) in [7, 11) is -4.25. The molecule has 0 aromatic heterocycles. The van der Waals surface area contributed by atoms with Gasteiger partial charge in [0.1, 0.15) is 18.3 Å². The summed E-state index contributed by atoms with van der Waals surface area (Å²) in [6.45, 7) is 5.63. The molecule has 3 rings (SSSR count). The molecule has 0 spiro atoms. The van der Waals surface area contributed by atoms with Crippen molar-refractivity contribution in [2.45, 2.75) is 56.0 Å². The van der Waals surface area contributed by atoms with E-state index >= 15 is 0 Å². The van der Waals surface area contributed by atoms with Crippen molar-refractivity contribution in [3.8, 4) is 5.75 Å². The van der Waals surface area contributed by atoms with Crippen molar-refractivity contribution in [2.24, 2.45) is 0 Å². The van der Waals surface area contributed by atoms with Gasteiger partial charge in [-0.3, -0.25) is 13.9 Å². The number of carbonyl (C=O) groups is 2. The van der Waals surface area contributed by atoms with Gasteiger partial charge in [-0.15, -0.1) is 11.8 Å². The first-order valence-corrected chi connectivity index (χ1v) is 17.4. The molecule has 0 bridgehead atoms. The minimum Gasteiger partial charge on any atom is -0.492 e. The maximum atomic E-state index is 14.3. The number of thioether (sulfide) groups is 1.